The van der Waals surface area contributed by atoms with Crippen molar-refractivity contribution in [2.75, 3.05) is 0 Å². The molecule has 0 spiro atoms. The first-order valence-corrected chi connectivity index (χ1v) is 6.94. The average molecular weight is 453 g/mol. The standard InChI is InChI=1S/C6H12.2C4H8O2.Pt/c1-2-4-6-5-3-1;2*1-2-3-4(5)6;/h1-6H2;2*2-3H2,1H3,(H,5,6);/q;;;+2/p-2. The molecule has 116 valence electrons. The third-order valence-corrected chi connectivity index (χ3v) is 2.41. The van der Waals surface area contributed by atoms with Crippen molar-refractivity contribution in [1.82, 2.24) is 0 Å². The molecule has 0 amide bonds. The molecule has 5 heteroatoms. The van der Waals surface area contributed by atoms with E-state index in [9.17, 15) is 19.8 Å². The SMILES string of the molecule is C1CCCCC1.CCCC(=O)[O-].CCCC(=O)[O-].[Pt+2]. The molecule has 0 unspecified atom stereocenters. The van der Waals surface area contributed by atoms with Gasteiger partial charge in [-0.3, -0.25) is 0 Å². The molecule has 0 bridgehead atoms. The maximum atomic E-state index is 9.49. The van der Waals surface area contributed by atoms with Gasteiger partial charge in [0.25, 0.3) is 0 Å². The molecule has 0 aromatic rings. The molecule has 0 aliphatic heterocycles. The van der Waals surface area contributed by atoms with Gasteiger partial charge in [0.05, 0.1) is 0 Å². The summed E-state index contributed by atoms with van der Waals surface area (Å²) < 4.78 is 0. The molecule has 4 nitrogen and oxygen atoms in total. The van der Waals surface area contributed by atoms with Crippen LogP contribution in [0.4, 0.5) is 0 Å². The zero-order valence-corrected chi connectivity index (χ0v) is 14.3. The van der Waals surface area contributed by atoms with Gasteiger partial charge in [0.2, 0.25) is 0 Å². The van der Waals surface area contributed by atoms with Gasteiger partial charge in [0.1, 0.15) is 0 Å². The number of carboxylic acids is 2. The Bertz CT molecular complexity index is 176. The zero-order valence-electron chi connectivity index (χ0n) is 12.0. The summed E-state index contributed by atoms with van der Waals surface area (Å²) in [7, 11) is 0. The minimum atomic E-state index is -0.961. The molecule has 0 heterocycles. The van der Waals surface area contributed by atoms with Gasteiger partial charge in [0.15, 0.2) is 0 Å². The molecule has 0 saturated heterocycles. The van der Waals surface area contributed by atoms with Crippen molar-refractivity contribution >= 4 is 11.9 Å². The van der Waals surface area contributed by atoms with Gasteiger partial charge in [0, 0.05) is 11.9 Å². The van der Waals surface area contributed by atoms with Crippen LogP contribution in [-0.2, 0) is 30.7 Å². The van der Waals surface area contributed by atoms with Crippen LogP contribution in [-0.4, -0.2) is 11.9 Å². The fraction of sp³-hybridized carbons (Fsp3) is 0.857. The van der Waals surface area contributed by atoms with Crippen LogP contribution in [0.5, 0.6) is 0 Å². The van der Waals surface area contributed by atoms with Gasteiger partial charge in [-0.05, 0) is 12.8 Å². The van der Waals surface area contributed by atoms with Gasteiger partial charge in [-0.25, -0.2) is 0 Å². The number of carboxylic acid groups (broad SMARTS) is 2. The first-order valence-electron chi connectivity index (χ1n) is 6.94. The third kappa shape index (κ3) is 31.8. The second-order valence-corrected chi connectivity index (χ2v) is 4.37. The molecule has 1 fully saturated rings. The summed E-state index contributed by atoms with van der Waals surface area (Å²) in [5.74, 6) is -1.92. The van der Waals surface area contributed by atoms with Crippen molar-refractivity contribution in [2.45, 2.75) is 78.1 Å². The Morgan fingerprint density at radius 2 is 0.947 bits per heavy atom. The largest absolute Gasteiger partial charge is 2.00 e. The van der Waals surface area contributed by atoms with E-state index < -0.39 is 11.9 Å². The van der Waals surface area contributed by atoms with Crippen LogP contribution in [0.25, 0.3) is 0 Å². The molecule has 0 N–H and O–H groups in total. The third-order valence-electron chi connectivity index (χ3n) is 2.41. The Morgan fingerprint density at radius 3 is 1.00 bits per heavy atom. The Hall–Kier alpha value is -0.372. The number of hydrogen-bond acceptors (Lipinski definition) is 4. The Morgan fingerprint density at radius 1 is 0.737 bits per heavy atom. The minimum Gasteiger partial charge on any atom is -0.550 e. The van der Waals surface area contributed by atoms with E-state index in [1.807, 2.05) is 0 Å². The molecule has 1 aliphatic rings. The first-order chi connectivity index (χ1) is 8.54. The summed E-state index contributed by atoms with van der Waals surface area (Å²) in [6.07, 6.45) is 10.7. The Labute approximate surface area is 131 Å². The molecule has 0 aromatic heterocycles. The number of carbonyl (C=O) groups excluding carboxylic acids is 2. The van der Waals surface area contributed by atoms with Crippen LogP contribution >= 0.6 is 0 Å². The molecule has 19 heavy (non-hydrogen) atoms. The summed E-state index contributed by atoms with van der Waals surface area (Å²) >= 11 is 0. The average Bonchev–Trinajstić information content (AvgIpc) is 2.32. The van der Waals surface area contributed by atoms with Gasteiger partial charge < -0.3 is 19.8 Å². The first kappa shape index (κ1) is 23.7. The van der Waals surface area contributed by atoms with Gasteiger partial charge in [-0.15, -0.1) is 0 Å². The van der Waals surface area contributed by atoms with E-state index in [-0.39, 0.29) is 33.9 Å². The van der Waals surface area contributed by atoms with E-state index in [0.29, 0.717) is 12.8 Å². The fourth-order valence-corrected chi connectivity index (χ4v) is 1.47. The zero-order chi connectivity index (χ0) is 14.2. The van der Waals surface area contributed by atoms with Crippen molar-refractivity contribution in [1.29, 1.82) is 0 Å². The van der Waals surface area contributed by atoms with Crippen molar-refractivity contribution in [2.24, 2.45) is 0 Å². The van der Waals surface area contributed by atoms with Crippen LogP contribution in [0.1, 0.15) is 78.1 Å². The second kappa shape index (κ2) is 20.0. The molecular formula is C14H26O4Pt. The predicted octanol–water partition coefficient (Wildman–Crippen LogP) is 1.41. The van der Waals surface area contributed by atoms with Crippen LogP contribution in [0.2, 0.25) is 0 Å². The minimum absolute atomic E-state index is 0. The van der Waals surface area contributed by atoms with Gasteiger partial charge in [-0.1, -0.05) is 65.2 Å². The summed E-state index contributed by atoms with van der Waals surface area (Å²) in [6.45, 7) is 3.60. The maximum absolute atomic E-state index is 9.49. The smallest absolute Gasteiger partial charge is 0.550 e. The Kier molecular flexibility index (Phi) is 24.9. The summed E-state index contributed by atoms with van der Waals surface area (Å²) in [6, 6.07) is 0. The van der Waals surface area contributed by atoms with Crippen molar-refractivity contribution in [3.8, 4) is 0 Å². The normalized spacial score (nSPS) is 12.7. The monoisotopic (exact) mass is 453 g/mol. The number of rotatable bonds is 4. The molecule has 1 rings (SSSR count). The van der Waals surface area contributed by atoms with Crippen molar-refractivity contribution < 1.29 is 40.9 Å². The van der Waals surface area contributed by atoms with Crippen LogP contribution in [0.15, 0.2) is 0 Å². The second-order valence-electron chi connectivity index (χ2n) is 4.37. The molecule has 0 atom stereocenters. The van der Waals surface area contributed by atoms with E-state index >= 15 is 0 Å². The van der Waals surface area contributed by atoms with E-state index in [4.69, 9.17) is 0 Å². The van der Waals surface area contributed by atoms with Crippen LogP contribution < -0.4 is 10.2 Å². The predicted molar refractivity (Wildman–Crippen MR) is 67.5 cm³/mol. The molecular weight excluding hydrogens is 427 g/mol. The van der Waals surface area contributed by atoms with Crippen LogP contribution in [0.3, 0.4) is 0 Å². The van der Waals surface area contributed by atoms with Crippen molar-refractivity contribution in [3.63, 3.8) is 0 Å². The van der Waals surface area contributed by atoms with Gasteiger partial charge in [-0.2, -0.15) is 0 Å². The fourth-order valence-electron chi connectivity index (χ4n) is 1.47. The number of aliphatic carboxylic acids is 2. The number of carbonyl (C=O) groups is 2. The molecule has 0 radical (unpaired) electrons. The topological polar surface area (TPSA) is 80.3 Å². The Balaban J connectivity index is -0.000000197. The van der Waals surface area contributed by atoms with Crippen molar-refractivity contribution in [3.05, 3.63) is 0 Å². The molecule has 1 aliphatic carbocycles. The van der Waals surface area contributed by atoms with Crippen LogP contribution in [0, 0.1) is 0 Å². The summed E-state index contributed by atoms with van der Waals surface area (Å²) in [5.41, 5.74) is 0. The molecule has 0 aromatic carbocycles. The van der Waals surface area contributed by atoms with E-state index in [1.54, 1.807) is 13.8 Å². The quantitative estimate of drug-likeness (QED) is 0.645. The summed E-state index contributed by atoms with van der Waals surface area (Å²) in [5, 5.41) is 19.0. The van der Waals surface area contributed by atoms with Gasteiger partial charge >= 0.3 is 21.1 Å². The van der Waals surface area contributed by atoms with E-state index in [0.717, 1.165) is 0 Å². The summed E-state index contributed by atoms with van der Waals surface area (Å²) in [4.78, 5) is 19.0. The van der Waals surface area contributed by atoms with E-state index in [1.165, 1.54) is 38.5 Å². The molecule has 1 saturated carbocycles. The maximum Gasteiger partial charge on any atom is 2.00 e. The van der Waals surface area contributed by atoms with E-state index in [2.05, 4.69) is 0 Å². The number of hydrogen-bond donors (Lipinski definition) is 0.